The highest BCUT2D eigenvalue weighted by Gasteiger charge is 2.00. The summed E-state index contributed by atoms with van der Waals surface area (Å²) in [5, 5.41) is 2.71. The summed E-state index contributed by atoms with van der Waals surface area (Å²) >= 11 is 0. The largest absolute Gasteiger partial charge is 0.326 e. The molecule has 0 bridgehead atoms. The third-order valence-corrected chi connectivity index (χ3v) is 2.76. The number of hydrogen-bond donors (Lipinski definition) is 1. The first kappa shape index (κ1) is 13.1. The molecular weight excluding hydrogens is 240 g/mol. The number of benzene rings is 1. The Bertz CT molecular complexity index is 642. The number of anilines is 1. The summed E-state index contributed by atoms with van der Waals surface area (Å²) in [5.74, 6) is -0.0948. The van der Waals surface area contributed by atoms with Gasteiger partial charge < -0.3 is 9.88 Å². The van der Waals surface area contributed by atoms with Crippen molar-refractivity contribution in [3.05, 3.63) is 64.1 Å². The number of nitrogens with zero attached hydrogens (tertiary/aromatic N) is 1. The molecule has 4 heteroatoms. The molecule has 0 spiro atoms. The molecule has 0 aliphatic heterocycles. The van der Waals surface area contributed by atoms with Crippen molar-refractivity contribution in [3.63, 3.8) is 0 Å². The summed E-state index contributed by atoms with van der Waals surface area (Å²) in [6.07, 6.45) is 1.84. The first-order valence-electron chi connectivity index (χ1n) is 6.08. The van der Waals surface area contributed by atoms with E-state index in [1.165, 1.54) is 6.92 Å². The Labute approximate surface area is 111 Å². The third kappa shape index (κ3) is 3.55. The predicted molar refractivity (Wildman–Crippen MR) is 75.3 cm³/mol. The normalized spacial score (nSPS) is 10.2. The lowest BCUT2D eigenvalue weighted by molar-refractivity contribution is -0.114. The van der Waals surface area contributed by atoms with Crippen LogP contribution in [-0.2, 0) is 11.3 Å². The van der Waals surface area contributed by atoms with E-state index in [4.69, 9.17) is 0 Å². The van der Waals surface area contributed by atoms with Gasteiger partial charge >= 0.3 is 0 Å². The summed E-state index contributed by atoms with van der Waals surface area (Å²) in [7, 11) is 0. The summed E-state index contributed by atoms with van der Waals surface area (Å²) in [5.41, 5.74) is 2.81. The highest BCUT2D eigenvalue weighted by atomic mass is 16.1. The Morgan fingerprint density at radius 1 is 1.16 bits per heavy atom. The Balaban J connectivity index is 2.17. The maximum Gasteiger partial charge on any atom is 0.250 e. The summed E-state index contributed by atoms with van der Waals surface area (Å²) < 4.78 is 1.67. The van der Waals surface area contributed by atoms with Crippen LogP contribution in [0.25, 0.3) is 0 Å². The molecule has 1 N–H and O–H groups in total. The van der Waals surface area contributed by atoms with E-state index in [2.05, 4.69) is 5.32 Å². The number of nitrogens with one attached hydrogen (secondary N) is 1. The molecule has 2 aromatic rings. The number of pyridine rings is 1. The number of aromatic nitrogens is 1. The van der Waals surface area contributed by atoms with E-state index in [0.29, 0.717) is 6.54 Å². The molecule has 0 aliphatic carbocycles. The summed E-state index contributed by atoms with van der Waals surface area (Å²) in [6.45, 7) is 3.96. The molecule has 0 unspecified atom stereocenters. The van der Waals surface area contributed by atoms with Gasteiger partial charge in [-0.2, -0.15) is 0 Å². The van der Waals surface area contributed by atoms with Crippen LogP contribution in [0.5, 0.6) is 0 Å². The first-order valence-corrected chi connectivity index (χ1v) is 6.08. The van der Waals surface area contributed by atoms with Crippen LogP contribution in [0.3, 0.4) is 0 Å². The highest BCUT2D eigenvalue weighted by molar-refractivity contribution is 5.88. The molecule has 19 heavy (non-hydrogen) atoms. The Morgan fingerprint density at radius 3 is 2.47 bits per heavy atom. The predicted octanol–water partition coefficient (Wildman–Crippen LogP) is 2.16. The zero-order valence-electron chi connectivity index (χ0n) is 11.0. The number of amides is 1. The number of hydrogen-bond acceptors (Lipinski definition) is 2. The van der Waals surface area contributed by atoms with Gasteiger partial charge in [0.25, 0.3) is 5.56 Å². The van der Waals surface area contributed by atoms with E-state index in [9.17, 15) is 9.59 Å². The fourth-order valence-corrected chi connectivity index (χ4v) is 1.87. The van der Waals surface area contributed by atoms with Crippen LogP contribution in [0.15, 0.2) is 47.4 Å². The van der Waals surface area contributed by atoms with Crippen molar-refractivity contribution in [2.45, 2.75) is 20.4 Å². The van der Waals surface area contributed by atoms with Crippen LogP contribution in [0.1, 0.15) is 18.1 Å². The van der Waals surface area contributed by atoms with E-state index in [0.717, 1.165) is 16.8 Å². The Morgan fingerprint density at radius 2 is 1.84 bits per heavy atom. The second-order valence-corrected chi connectivity index (χ2v) is 4.55. The van der Waals surface area contributed by atoms with E-state index in [1.54, 1.807) is 16.7 Å². The average Bonchev–Trinajstić information content (AvgIpc) is 2.35. The van der Waals surface area contributed by atoms with Crippen LogP contribution in [0.4, 0.5) is 5.69 Å². The lowest BCUT2D eigenvalue weighted by Crippen LogP contribution is -2.19. The summed E-state index contributed by atoms with van der Waals surface area (Å²) in [6, 6.07) is 10.8. The first-order chi connectivity index (χ1) is 9.04. The molecule has 0 saturated heterocycles. The van der Waals surface area contributed by atoms with Gasteiger partial charge in [0.1, 0.15) is 0 Å². The van der Waals surface area contributed by atoms with E-state index < -0.39 is 0 Å². The van der Waals surface area contributed by atoms with Gasteiger partial charge in [0.2, 0.25) is 5.91 Å². The summed E-state index contributed by atoms with van der Waals surface area (Å²) in [4.78, 5) is 22.6. The monoisotopic (exact) mass is 256 g/mol. The maximum atomic E-state index is 11.7. The smallest absolute Gasteiger partial charge is 0.250 e. The van der Waals surface area contributed by atoms with Gasteiger partial charge in [-0.15, -0.1) is 0 Å². The molecule has 0 aliphatic rings. The van der Waals surface area contributed by atoms with Crippen LogP contribution in [-0.4, -0.2) is 10.5 Å². The number of carbonyl (C=O) groups excluding carboxylic acids is 1. The van der Waals surface area contributed by atoms with Crippen molar-refractivity contribution in [2.75, 3.05) is 5.32 Å². The second kappa shape index (κ2) is 5.52. The van der Waals surface area contributed by atoms with E-state index in [1.807, 2.05) is 37.4 Å². The number of rotatable bonds is 3. The molecule has 1 amide bonds. The fourth-order valence-electron chi connectivity index (χ4n) is 1.87. The number of aryl methyl sites for hydroxylation is 1. The van der Waals surface area contributed by atoms with Gasteiger partial charge in [-0.3, -0.25) is 9.59 Å². The SMILES string of the molecule is CC(=O)Nc1ccc(Cn2cc(C)ccc2=O)cc1. The average molecular weight is 256 g/mol. The molecule has 1 aromatic carbocycles. The van der Waals surface area contributed by atoms with Gasteiger partial charge in [-0.1, -0.05) is 18.2 Å². The van der Waals surface area contributed by atoms with Crippen LogP contribution in [0, 0.1) is 6.92 Å². The quantitative estimate of drug-likeness (QED) is 0.915. The molecule has 98 valence electrons. The minimum atomic E-state index is -0.0948. The standard InChI is InChI=1S/C15H16N2O2/c1-11-3-8-15(19)17(9-11)10-13-4-6-14(7-5-13)16-12(2)18/h3-9H,10H2,1-2H3,(H,16,18). The molecule has 1 heterocycles. The zero-order valence-corrected chi connectivity index (χ0v) is 11.0. The van der Waals surface area contributed by atoms with Gasteiger partial charge in [-0.25, -0.2) is 0 Å². The highest BCUT2D eigenvalue weighted by Crippen LogP contribution is 2.10. The van der Waals surface area contributed by atoms with Crippen LogP contribution >= 0.6 is 0 Å². The fraction of sp³-hybridized carbons (Fsp3) is 0.200. The van der Waals surface area contributed by atoms with Gasteiger partial charge in [-0.05, 0) is 30.2 Å². The Kier molecular flexibility index (Phi) is 3.80. The lowest BCUT2D eigenvalue weighted by atomic mass is 10.2. The minimum Gasteiger partial charge on any atom is -0.326 e. The van der Waals surface area contributed by atoms with Crippen molar-refractivity contribution >= 4 is 11.6 Å². The van der Waals surface area contributed by atoms with Crippen LogP contribution < -0.4 is 10.9 Å². The molecule has 0 radical (unpaired) electrons. The molecule has 4 nitrogen and oxygen atoms in total. The zero-order chi connectivity index (χ0) is 13.8. The molecule has 1 aromatic heterocycles. The molecule has 0 fully saturated rings. The van der Waals surface area contributed by atoms with Crippen molar-refractivity contribution < 1.29 is 4.79 Å². The van der Waals surface area contributed by atoms with Gasteiger partial charge in [0.05, 0.1) is 6.54 Å². The minimum absolute atomic E-state index is 0.0171. The van der Waals surface area contributed by atoms with Gasteiger partial charge in [0.15, 0.2) is 0 Å². The van der Waals surface area contributed by atoms with Crippen molar-refractivity contribution in [1.82, 2.24) is 4.57 Å². The second-order valence-electron chi connectivity index (χ2n) is 4.55. The lowest BCUT2D eigenvalue weighted by Gasteiger charge is -2.08. The van der Waals surface area contributed by atoms with Crippen molar-refractivity contribution in [1.29, 1.82) is 0 Å². The molecule has 2 rings (SSSR count). The molecular formula is C15H16N2O2. The van der Waals surface area contributed by atoms with Crippen molar-refractivity contribution in [2.24, 2.45) is 0 Å². The maximum absolute atomic E-state index is 11.7. The van der Waals surface area contributed by atoms with Crippen LogP contribution in [0.2, 0.25) is 0 Å². The van der Waals surface area contributed by atoms with E-state index >= 15 is 0 Å². The number of carbonyl (C=O) groups is 1. The topological polar surface area (TPSA) is 51.1 Å². The molecule has 0 atom stereocenters. The Hall–Kier alpha value is -2.36. The van der Waals surface area contributed by atoms with E-state index in [-0.39, 0.29) is 11.5 Å². The van der Waals surface area contributed by atoms with Gasteiger partial charge in [0, 0.05) is 24.9 Å². The molecule has 0 saturated carbocycles. The van der Waals surface area contributed by atoms with Crippen molar-refractivity contribution in [3.8, 4) is 0 Å². The third-order valence-electron chi connectivity index (χ3n) is 2.76.